The van der Waals surface area contributed by atoms with E-state index in [1.807, 2.05) is 18.2 Å². The first-order chi connectivity index (χ1) is 17.7. The molecule has 0 radical (unpaired) electrons. The van der Waals surface area contributed by atoms with Crippen LogP contribution in [0.4, 0.5) is 0 Å². The number of rotatable bonds is 19. The maximum atomic E-state index is 5.96. The summed E-state index contributed by atoms with van der Waals surface area (Å²) in [7, 11) is 6.64. The average molecular weight is 502 g/mol. The standard InChI is InChI=1S/C30H47NO5/c1-7-9-10-11-12-13-14-15-16-17-18-24(31-36-21-8-2)23-22-27(34-5)28-25(32-3)19-20-26(33-4)29(28)30(23)35-6/h19-20,22H,7-18,21H2,1-6H3. The minimum atomic E-state index is 0.575. The minimum Gasteiger partial charge on any atom is -0.496 e. The number of methoxy groups -OCH3 is 4. The Morgan fingerprint density at radius 3 is 1.72 bits per heavy atom. The molecule has 0 bridgehead atoms. The van der Waals surface area contributed by atoms with Crippen LogP contribution in [0.15, 0.2) is 23.4 Å². The van der Waals surface area contributed by atoms with Gasteiger partial charge in [0, 0.05) is 5.56 Å². The molecule has 0 unspecified atom stereocenters. The van der Waals surface area contributed by atoms with Gasteiger partial charge in [-0.3, -0.25) is 0 Å². The molecule has 202 valence electrons. The number of benzene rings is 2. The summed E-state index contributed by atoms with van der Waals surface area (Å²) in [4.78, 5) is 5.66. The van der Waals surface area contributed by atoms with Crippen molar-refractivity contribution in [3.8, 4) is 23.0 Å². The molecule has 0 fully saturated rings. The second-order valence-corrected chi connectivity index (χ2v) is 9.18. The first-order valence-corrected chi connectivity index (χ1v) is 13.7. The van der Waals surface area contributed by atoms with E-state index in [0.29, 0.717) is 29.6 Å². The quantitative estimate of drug-likeness (QED) is 0.110. The topological polar surface area (TPSA) is 58.5 Å². The highest BCUT2D eigenvalue weighted by molar-refractivity contribution is 6.12. The molecule has 0 aromatic heterocycles. The van der Waals surface area contributed by atoms with Crippen molar-refractivity contribution in [3.05, 3.63) is 23.8 Å². The number of oxime groups is 1. The van der Waals surface area contributed by atoms with Crippen LogP contribution in [-0.4, -0.2) is 40.8 Å². The van der Waals surface area contributed by atoms with Gasteiger partial charge < -0.3 is 23.8 Å². The molecule has 0 heterocycles. The fourth-order valence-electron chi connectivity index (χ4n) is 4.59. The Balaban J connectivity index is 2.26. The zero-order valence-corrected chi connectivity index (χ0v) is 23.4. The lowest BCUT2D eigenvalue weighted by atomic mass is 9.96. The Bertz CT molecular complexity index is 941. The van der Waals surface area contributed by atoms with E-state index < -0.39 is 0 Å². The highest BCUT2D eigenvalue weighted by Crippen LogP contribution is 2.46. The number of hydrogen-bond acceptors (Lipinski definition) is 6. The van der Waals surface area contributed by atoms with Gasteiger partial charge in [0.15, 0.2) is 0 Å². The SMILES string of the molecule is CCCCCCCCCCCCC(=NOCCC)c1cc(OC)c2c(OC)ccc(OC)c2c1OC. The number of nitrogens with zero attached hydrogens (tertiary/aromatic N) is 1. The Morgan fingerprint density at radius 1 is 0.639 bits per heavy atom. The molecule has 0 saturated carbocycles. The normalized spacial score (nSPS) is 11.6. The highest BCUT2D eigenvalue weighted by Gasteiger charge is 2.23. The fraction of sp³-hybridized carbons (Fsp3) is 0.633. The maximum absolute atomic E-state index is 5.96. The van der Waals surface area contributed by atoms with Crippen molar-refractivity contribution in [1.82, 2.24) is 0 Å². The molecule has 6 heteroatoms. The summed E-state index contributed by atoms with van der Waals surface area (Å²) in [5, 5.41) is 6.18. The first-order valence-electron chi connectivity index (χ1n) is 13.7. The van der Waals surface area contributed by atoms with Gasteiger partial charge in [0.2, 0.25) is 0 Å². The summed E-state index contributed by atoms with van der Waals surface area (Å²) in [6, 6.07) is 5.75. The number of ether oxygens (including phenoxy) is 4. The van der Waals surface area contributed by atoms with E-state index in [-0.39, 0.29) is 0 Å². The molecule has 2 aromatic carbocycles. The van der Waals surface area contributed by atoms with Crippen LogP contribution in [0.1, 0.15) is 96.5 Å². The number of hydrogen-bond donors (Lipinski definition) is 0. The second-order valence-electron chi connectivity index (χ2n) is 9.18. The second kappa shape index (κ2) is 16.9. The summed E-state index contributed by atoms with van der Waals surface area (Å²) in [6.07, 6.45) is 14.6. The van der Waals surface area contributed by atoms with E-state index in [1.54, 1.807) is 28.4 Å². The van der Waals surface area contributed by atoms with Gasteiger partial charge in [-0.15, -0.1) is 0 Å². The van der Waals surface area contributed by atoms with E-state index in [1.165, 1.54) is 57.8 Å². The van der Waals surface area contributed by atoms with Crippen LogP contribution in [-0.2, 0) is 4.84 Å². The van der Waals surface area contributed by atoms with Gasteiger partial charge in [0.05, 0.1) is 44.9 Å². The summed E-state index contributed by atoms with van der Waals surface area (Å²) < 4.78 is 23.1. The van der Waals surface area contributed by atoms with Gasteiger partial charge in [-0.05, 0) is 37.5 Å². The highest BCUT2D eigenvalue weighted by atomic mass is 16.6. The van der Waals surface area contributed by atoms with Crippen LogP contribution in [0.3, 0.4) is 0 Å². The molecule has 0 aliphatic carbocycles. The molecule has 0 atom stereocenters. The van der Waals surface area contributed by atoms with Crippen molar-refractivity contribution in [2.75, 3.05) is 35.0 Å². The average Bonchev–Trinajstić information content (AvgIpc) is 2.91. The van der Waals surface area contributed by atoms with Crippen molar-refractivity contribution < 1.29 is 23.8 Å². The third-order valence-electron chi connectivity index (χ3n) is 6.53. The summed E-state index contributed by atoms with van der Waals surface area (Å²) in [5.74, 6) is 2.76. The smallest absolute Gasteiger partial charge is 0.140 e. The predicted molar refractivity (Wildman–Crippen MR) is 149 cm³/mol. The van der Waals surface area contributed by atoms with Crippen molar-refractivity contribution in [1.29, 1.82) is 0 Å². The van der Waals surface area contributed by atoms with Gasteiger partial charge in [-0.25, -0.2) is 0 Å². The third kappa shape index (κ3) is 8.21. The molecule has 2 aromatic rings. The molecular formula is C30H47NO5. The van der Waals surface area contributed by atoms with E-state index in [0.717, 1.165) is 41.3 Å². The van der Waals surface area contributed by atoms with Crippen LogP contribution in [0.25, 0.3) is 10.8 Å². The van der Waals surface area contributed by atoms with Crippen LogP contribution in [0.5, 0.6) is 23.0 Å². The molecule has 0 amide bonds. The first kappa shape index (κ1) is 29.6. The van der Waals surface area contributed by atoms with Crippen molar-refractivity contribution in [2.24, 2.45) is 5.16 Å². The molecule has 6 nitrogen and oxygen atoms in total. The Kier molecular flexibility index (Phi) is 13.9. The summed E-state index contributed by atoms with van der Waals surface area (Å²) in [5.41, 5.74) is 1.73. The molecule has 0 N–H and O–H groups in total. The lowest BCUT2D eigenvalue weighted by Crippen LogP contribution is -2.08. The van der Waals surface area contributed by atoms with Gasteiger partial charge in [0.1, 0.15) is 29.6 Å². The van der Waals surface area contributed by atoms with Crippen LogP contribution >= 0.6 is 0 Å². The molecular weight excluding hydrogens is 454 g/mol. The monoisotopic (exact) mass is 501 g/mol. The summed E-state index contributed by atoms with van der Waals surface area (Å²) in [6.45, 7) is 4.92. The van der Waals surface area contributed by atoms with E-state index in [2.05, 4.69) is 19.0 Å². The largest absolute Gasteiger partial charge is 0.496 e. The van der Waals surface area contributed by atoms with Crippen molar-refractivity contribution in [3.63, 3.8) is 0 Å². The fourth-order valence-corrected chi connectivity index (χ4v) is 4.59. The maximum Gasteiger partial charge on any atom is 0.140 e. The lowest BCUT2D eigenvalue weighted by Gasteiger charge is -2.19. The molecule has 0 saturated heterocycles. The Morgan fingerprint density at radius 2 is 1.19 bits per heavy atom. The molecule has 0 aliphatic rings. The van der Waals surface area contributed by atoms with Crippen LogP contribution < -0.4 is 18.9 Å². The van der Waals surface area contributed by atoms with E-state index >= 15 is 0 Å². The van der Waals surface area contributed by atoms with Crippen molar-refractivity contribution in [2.45, 2.75) is 90.9 Å². The Hall–Kier alpha value is -2.63. The Labute approximate surface area is 218 Å². The van der Waals surface area contributed by atoms with Gasteiger partial charge in [0.25, 0.3) is 0 Å². The minimum absolute atomic E-state index is 0.575. The van der Waals surface area contributed by atoms with Gasteiger partial charge in [-0.1, -0.05) is 76.8 Å². The lowest BCUT2D eigenvalue weighted by molar-refractivity contribution is 0.144. The molecule has 0 spiro atoms. The van der Waals surface area contributed by atoms with Gasteiger partial charge >= 0.3 is 0 Å². The third-order valence-corrected chi connectivity index (χ3v) is 6.53. The number of fused-ring (bicyclic) bond motifs is 1. The van der Waals surface area contributed by atoms with Crippen LogP contribution in [0, 0.1) is 0 Å². The van der Waals surface area contributed by atoms with Crippen LogP contribution in [0.2, 0.25) is 0 Å². The molecule has 0 aliphatic heterocycles. The van der Waals surface area contributed by atoms with E-state index in [9.17, 15) is 0 Å². The zero-order valence-electron chi connectivity index (χ0n) is 23.4. The van der Waals surface area contributed by atoms with Crippen molar-refractivity contribution >= 4 is 16.5 Å². The summed E-state index contributed by atoms with van der Waals surface area (Å²) >= 11 is 0. The van der Waals surface area contributed by atoms with E-state index in [4.69, 9.17) is 23.8 Å². The predicted octanol–water partition coefficient (Wildman–Crippen LogP) is 8.32. The molecule has 2 rings (SSSR count). The number of unbranched alkanes of at least 4 members (excludes halogenated alkanes) is 9. The zero-order chi connectivity index (χ0) is 26.2. The molecule has 36 heavy (non-hydrogen) atoms. The van der Waals surface area contributed by atoms with Gasteiger partial charge in [-0.2, -0.15) is 0 Å².